The predicted octanol–water partition coefficient (Wildman–Crippen LogP) is 4.04. The highest BCUT2D eigenvalue weighted by molar-refractivity contribution is 7.16. The summed E-state index contributed by atoms with van der Waals surface area (Å²) in [5.41, 5.74) is 2.10. The first-order valence-electron chi connectivity index (χ1n) is 5.76. The van der Waals surface area contributed by atoms with E-state index >= 15 is 0 Å². The lowest BCUT2D eigenvalue weighted by molar-refractivity contribution is 0.0696. The Morgan fingerprint density at radius 2 is 2.11 bits per heavy atom. The van der Waals surface area contributed by atoms with Crippen LogP contribution in [0.25, 0.3) is 0 Å². The number of halogens is 1. The van der Waals surface area contributed by atoms with Gasteiger partial charge in [0.05, 0.1) is 16.4 Å². The fourth-order valence-corrected chi connectivity index (χ4v) is 3.03. The van der Waals surface area contributed by atoms with E-state index in [2.05, 4.69) is 4.90 Å². The van der Waals surface area contributed by atoms with Crippen molar-refractivity contribution in [1.29, 1.82) is 0 Å². The average Bonchev–Trinajstić information content (AvgIpc) is 2.74. The highest BCUT2D eigenvalue weighted by Gasteiger charge is 2.10. The Bertz CT molecular complexity index is 609. The van der Waals surface area contributed by atoms with Crippen LogP contribution in [0, 0.1) is 6.92 Å². The van der Waals surface area contributed by atoms with Crippen molar-refractivity contribution in [3.8, 4) is 0 Å². The molecule has 0 atom stereocenters. The molecule has 0 radical (unpaired) electrons. The molecule has 5 heteroatoms. The van der Waals surface area contributed by atoms with E-state index in [4.69, 9.17) is 16.7 Å². The molecule has 0 saturated heterocycles. The van der Waals surface area contributed by atoms with Gasteiger partial charge in [-0.2, -0.15) is 0 Å². The molecule has 0 aliphatic heterocycles. The van der Waals surface area contributed by atoms with Gasteiger partial charge in [-0.15, -0.1) is 11.3 Å². The monoisotopic (exact) mass is 295 g/mol. The average molecular weight is 296 g/mol. The summed E-state index contributed by atoms with van der Waals surface area (Å²) in [5.74, 6) is -0.892. The van der Waals surface area contributed by atoms with Crippen LogP contribution in [0.4, 0.5) is 5.69 Å². The van der Waals surface area contributed by atoms with Gasteiger partial charge in [-0.05, 0) is 42.8 Å². The standard InChI is InChI=1S/C14H14ClNO2S/c1-9-7-10(3-5-12(9)14(17)18)16(2)8-11-4-6-13(15)19-11/h3-7H,8H2,1-2H3,(H,17,18). The molecule has 0 fully saturated rings. The molecule has 0 unspecified atom stereocenters. The first-order valence-corrected chi connectivity index (χ1v) is 6.96. The molecule has 19 heavy (non-hydrogen) atoms. The first kappa shape index (κ1) is 13.9. The lowest BCUT2D eigenvalue weighted by Crippen LogP contribution is -2.16. The molecule has 0 amide bonds. The van der Waals surface area contributed by atoms with Crippen LogP contribution in [0.3, 0.4) is 0 Å². The SMILES string of the molecule is Cc1cc(N(C)Cc2ccc(Cl)s2)ccc1C(=O)O. The zero-order chi connectivity index (χ0) is 14.0. The van der Waals surface area contributed by atoms with Crippen LogP contribution >= 0.6 is 22.9 Å². The van der Waals surface area contributed by atoms with Crippen molar-refractivity contribution in [2.75, 3.05) is 11.9 Å². The first-order chi connectivity index (χ1) is 8.97. The third-order valence-electron chi connectivity index (χ3n) is 2.90. The second-order valence-corrected chi connectivity index (χ2v) is 6.17. The third-order valence-corrected chi connectivity index (χ3v) is 4.12. The molecular weight excluding hydrogens is 282 g/mol. The van der Waals surface area contributed by atoms with Crippen molar-refractivity contribution in [3.05, 3.63) is 50.7 Å². The predicted molar refractivity (Wildman–Crippen MR) is 79.6 cm³/mol. The number of hydrogen-bond acceptors (Lipinski definition) is 3. The quantitative estimate of drug-likeness (QED) is 0.925. The number of carboxylic acids is 1. The number of aryl methyl sites for hydroxylation is 1. The molecule has 1 aromatic heterocycles. The molecule has 1 heterocycles. The highest BCUT2D eigenvalue weighted by atomic mass is 35.5. The van der Waals surface area contributed by atoms with Crippen LogP contribution in [-0.4, -0.2) is 18.1 Å². The number of anilines is 1. The van der Waals surface area contributed by atoms with E-state index in [9.17, 15) is 4.79 Å². The van der Waals surface area contributed by atoms with E-state index in [1.165, 1.54) is 4.88 Å². The molecule has 0 aliphatic rings. The van der Waals surface area contributed by atoms with Crippen molar-refractivity contribution in [1.82, 2.24) is 0 Å². The van der Waals surface area contributed by atoms with E-state index in [0.29, 0.717) is 5.56 Å². The van der Waals surface area contributed by atoms with Crippen molar-refractivity contribution in [2.45, 2.75) is 13.5 Å². The van der Waals surface area contributed by atoms with Gasteiger partial charge in [0.25, 0.3) is 0 Å². The molecule has 2 rings (SSSR count). The van der Waals surface area contributed by atoms with Gasteiger partial charge >= 0.3 is 5.97 Å². The fraction of sp³-hybridized carbons (Fsp3) is 0.214. The zero-order valence-electron chi connectivity index (χ0n) is 10.7. The van der Waals surface area contributed by atoms with Crippen LogP contribution in [0.5, 0.6) is 0 Å². The lowest BCUT2D eigenvalue weighted by Gasteiger charge is -2.19. The maximum absolute atomic E-state index is 11.0. The maximum atomic E-state index is 11.0. The smallest absolute Gasteiger partial charge is 0.335 e. The second-order valence-electron chi connectivity index (χ2n) is 4.37. The Labute approximate surface area is 121 Å². The van der Waals surface area contributed by atoms with Crippen LogP contribution in [0.2, 0.25) is 4.34 Å². The summed E-state index contributed by atoms with van der Waals surface area (Å²) in [6.45, 7) is 2.56. The van der Waals surface area contributed by atoms with Gasteiger partial charge in [0.2, 0.25) is 0 Å². The summed E-state index contributed by atoms with van der Waals surface area (Å²) in [7, 11) is 1.98. The number of carbonyl (C=O) groups is 1. The van der Waals surface area contributed by atoms with Gasteiger partial charge in [0.1, 0.15) is 0 Å². The molecule has 1 N–H and O–H groups in total. The molecule has 0 aliphatic carbocycles. The molecule has 100 valence electrons. The summed E-state index contributed by atoms with van der Waals surface area (Å²) in [5, 5.41) is 9.01. The van der Waals surface area contributed by atoms with Crippen molar-refractivity contribution in [2.24, 2.45) is 0 Å². The van der Waals surface area contributed by atoms with Gasteiger partial charge in [0.15, 0.2) is 0 Å². The Morgan fingerprint density at radius 1 is 1.37 bits per heavy atom. The molecule has 0 saturated carbocycles. The number of hydrogen-bond donors (Lipinski definition) is 1. The second kappa shape index (κ2) is 5.63. The molecule has 3 nitrogen and oxygen atoms in total. The summed E-state index contributed by atoms with van der Waals surface area (Å²) in [4.78, 5) is 14.2. The molecule has 0 bridgehead atoms. The van der Waals surface area contributed by atoms with E-state index in [-0.39, 0.29) is 0 Å². The highest BCUT2D eigenvalue weighted by Crippen LogP contribution is 2.25. The summed E-state index contributed by atoms with van der Waals surface area (Å²) in [6, 6.07) is 9.24. The Hall–Kier alpha value is -1.52. The van der Waals surface area contributed by atoms with Gasteiger partial charge in [0, 0.05) is 17.6 Å². The van der Waals surface area contributed by atoms with Gasteiger partial charge in [-0.3, -0.25) is 0 Å². The minimum Gasteiger partial charge on any atom is -0.478 e. The molecule has 1 aromatic carbocycles. The Morgan fingerprint density at radius 3 is 2.63 bits per heavy atom. The fourth-order valence-electron chi connectivity index (χ4n) is 1.89. The summed E-state index contributed by atoms with van der Waals surface area (Å²) >= 11 is 7.46. The van der Waals surface area contributed by atoms with Crippen molar-refractivity contribution < 1.29 is 9.90 Å². The Kier molecular flexibility index (Phi) is 4.12. The number of thiophene rings is 1. The normalized spacial score (nSPS) is 10.5. The minimum absolute atomic E-state index is 0.344. The van der Waals surface area contributed by atoms with Crippen molar-refractivity contribution in [3.63, 3.8) is 0 Å². The minimum atomic E-state index is -0.892. The van der Waals surface area contributed by atoms with Crippen LogP contribution in [0.15, 0.2) is 30.3 Å². The van der Waals surface area contributed by atoms with E-state index in [0.717, 1.165) is 22.1 Å². The summed E-state index contributed by atoms with van der Waals surface area (Å²) < 4.78 is 0.779. The van der Waals surface area contributed by atoms with Crippen molar-refractivity contribution >= 4 is 34.6 Å². The van der Waals surface area contributed by atoms with Crippen LogP contribution in [-0.2, 0) is 6.54 Å². The van der Waals surface area contributed by atoms with Gasteiger partial charge in [-0.25, -0.2) is 4.79 Å². The topological polar surface area (TPSA) is 40.5 Å². The number of nitrogens with zero attached hydrogens (tertiary/aromatic N) is 1. The van der Waals surface area contributed by atoms with Crippen LogP contribution < -0.4 is 4.90 Å². The molecule has 0 spiro atoms. The number of carboxylic acid groups (broad SMARTS) is 1. The van der Waals surface area contributed by atoms with E-state index in [1.807, 2.05) is 38.2 Å². The molecule has 2 aromatic rings. The zero-order valence-corrected chi connectivity index (χ0v) is 12.3. The number of aromatic carboxylic acids is 1. The molecular formula is C14H14ClNO2S. The Balaban J connectivity index is 2.17. The van der Waals surface area contributed by atoms with Gasteiger partial charge < -0.3 is 10.0 Å². The van der Waals surface area contributed by atoms with Crippen LogP contribution in [0.1, 0.15) is 20.8 Å². The lowest BCUT2D eigenvalue weighted by atomic mass is 10.1. The van der Waals surface area contributed by atoms with E-state index in [1.54, 1.807) is 17.4 Å². The number of benzene rings is 1. The van der Waals surface area contributed by atoms with Gasteiger partial charge in [-0.1, -0.05) is 11.6 Å². The maximum Gasteiger partial charge on any atom is 0.335 e. The third kappa shape index (κ3) is 3.28. The number of rotatable bonds is 4. The van der Waals surface area contributed by atoms with E-state index < -0.39 is 5.97 Å². The largest absolute Gasteiger partial charge is 0.478 e. The summed E-state index contributed by atoms with van der Waals surface area (Å²) in [6.07, 6.45) is 0.